The van der Waals surface area contributed by atoms with Crippen molar-refractivity contribution < 1.29 is 13.9 Å². The highest BCUT2D eigenvalue weighted by Crippen LogP contribution is 2.31. The van der Waals surface area contributed by atoms with Crippen molar-refractivity contribution in [2.24, 2.45) is 0 Å². The minimum Gasteiger partial charge on any atom is -0.490 e. The fraction of sp³-hybridized carbons (Fsp3) is 0.250. The number of ether oxygens (including phenoxy) is 1. The number of halogens is 1. The van der Waals surface area contributed by atoms with E-state index in [0.29, 0.717) is 35.3 Å². The number of urea groups is 1. The van der Waals surface area contributed by atoms with Gasteiger partial charge in [0.05, 0.1) is 12.6 Å². The van der Waals surface area contributed by atoms with E-state index in [1.165, 1.54) is 0 Å². The number of para-hydroxylation sites is 1. The summed E-state index contributed by atoms with van der Waals surface area (Å²) < 4.78 is 11.5. The SMILES string of the molecule is CCOc1cccc2cc(C(C)NC(=O)NCc3ccc(Cl)cc3)oc12. The minimum absolute atomic E-state index is 0.266. The number of hydrogen-bond donors (Lipinski definition) is 2. The normalized spacial score (nSPS) is 12.0. The van der Waals surface area contributed by atoms with Crippen molar-refractivity contribution in [2.45, 2.75) is 26.4 Å². The van der Waals surface area contributed by atoms with Crippen LogP contribution >= 0.6 is 11.6 Å². The Kier molecular flexibility index (Phi) is 5.68. The third-order valence-electron chi connectivity index (χ3n) is 3.97. The Hall–Kier alpha value is -2.66. The molecule has 2 aromatic carbocycles. The molecule has 0 aliphatic carbocycles. The van der Waals surface area contributed by atoms with Crippen molar-refractivity contribution in [1.82, 2.24) is 10.6 Å². The van der Waals surface area contributed by atoms with Crippen LogP contribution in [0.25, 0.3) is 11.0 Å². The van der Waals surface area contributed by atoms with E-state index in [1.54, 1.807) is 12.1 Å². The molecule has 3 aromatic rings. The predicted molar refractivity (Wildman–Crippen MR) is 103 cm³/mol. The van der Waals surface area contributed by atoms with Crippen molar-refractivity contribution >= 4 is 28.6 Å². The number of fused-ring (bicyclic) bond motifs is 1. The molecule has 0 aliphatic heterocycles. The zero-order valence-electron chi connectivity index (χ0n) is 14.7. The molecule has 2 amide bonds. The fourth-order valence-corrected chi connectivity index (χ4v) is 2.77. The summed E-state index contributed by atoms with van der Waals surface area (Å²) in [5.74, 6) is 1.38. The van der Waals surface area contributed by atoms with Crippen LogP contribution in [0.3, 0.4) is 0 Å². The van der Waals surface area contributed by atoms with E-state index in [0.717, 1.165) is 10.9 Å². The number of amides is 2. The van der Waals surface area contributed by atoms with Gasteiger partial charge in [0.25, 0.3) is 0 Å². The molecule has 0 bridgehead atoms. The molecule has 26 heavy (non-hydrogen) atoms. The van der Waals surface area contributed by atoms with Gasteiger partial charge in [-0.1, -0.05) is 35.9 Å². The lowest BCUT2D eigenvalue weighted by Crippen LogP contribution is -2.36. The zero-order chi connectivity index (χ0) is 18.5. The molecule has 1 aromatic heterocycles. The molecular formula is C20H21ClN2O3. The third kappa shape index (κ3) is 4.29. The van der Waals surface area contributed by atoms with E-state index in [-0.39, 0.29) is 12.1 Å². The third-order valence-corrected chi connectivity index (χ3v) is 4.22. The van der Waals surface area contributed by atoms with Gasteiger partial charge >= 0.3 is 6.03 Å². The van der Waals surface area contributed by atoms with Crippen molar-refractivity contribution in [3.05, 3.63) is 64.9 Å². The average Bonchev–Trinajstić information content (AvgIpc) is 3.07. The van der Waals surface area contributed by atoms with Crippen molar-refractivity contribution in [1.29, 1.82) is 0 Å². The van der Waals surface area contributed by atoms with Crippen LogP contribution in [-0.4, -0.2) is 12.6 Å². The summed E-state index contributed by atoms with van der Waals surface area (Å²) in [5, 5.41) is 7.32. The summed E-state index contributed by atoms with van der Waals surface area (Å²) in [5.41, 5.74) is 1.67. The second kappa shape index (κ2) is 8.15. The van der Waals surface area contributed by atoms with Gasteiger partial charge in [-0.15, -0.1) is 0 Å². The molecule has 136 valence electrons. The Labute approximate surface area is 157 Å². The van der Waals surface area contributed by atoms with E-state index in [4.69, 9.17) is 20.8 Å². The lowest BCUT2D eigenvalue weighted by Gasteiger charge is -2.12. The van der Waals surface area contributed by atoms with Crippen LogP contribution in [0.2, 0.25) is 5.02 Å². The van der Waals surface area contributed by atoms with Gasteiger partial charge in [0.15, 0.2) is 11.3 Å². The van der Waals surface area contributed by atoms with Gasteiger partial charge < -0.3 is 19.8 Å². The number of benzene rings is 2. The van der Waals surface area contributed by atoms with Crippen LogP contribution in [0.15, 0.2) is 52.9 Å². The van der Waals surface area contributed by atoms with Gasteiger partial charge in [0.2, 0.25) is 0 Å². The van der Waals surface area contributed by atoms with E-state index >= 15 is 0 Å². The maximum atomic E-state index is 12.1. The van der Waals surface area contributed by atoms with Crippen molar-refractivity contribution in [2.75, 3.05) is 6.61 Å². The number of carbonyl (C=O) groups is 1. The quantitative estimate of drug-likeness (QED) is 0.636. The summed E-state index contributed by atoms with van der Waals surface area (Å²) >= 11 is 5.86. The predicted octanol–water partition coefficient (Wildman–Crippen LogP) is 5.05. The van der Waals surface area contributed by atoms with Gasteiger partial charge in [0.1, 0.15) is 5.76 Å². The van der Waals surface area contributed by atoms with Gasteiger partial charge in [-0.05, 0) is 43.7 Å². The molecule has 3 rings (SSSR count). The average molecular weight is 373 g/mol. The van der Waals surface area contributed by atoms with Crippen LogP contribution in [0.1, 0.15) is 31.2 Å². The summed E-state index contributed by atoms with van der Waals surface area (Å²) in [7, 11) is 0. The minimum atomic E-state index is -0.276. The topological polar surface area (TPSA) is 63.5 Å². The molecular weight excluding hydrogens is 352 g/mol. The van der Waals surface area contributed by atoms with Crippen LogP contribution in [0, 0.1) is 0 Å². The molecule has 1 unspecified atom stereocenters. The molecule has 2 N–H and O–H groups in total. The maximum absolute atomic E-state index is 12.1. The number of rotatable bonds is 6. The highest BCUT2D eigenvalue weighted by Gasteiger charge is 2.16. The Morgan fingerprint density at radius 1 is 1.23 bits per heavy atom. The highest BCUT2D eigenvalue weighted by atomic mass is 35.5. The number of hydrogen-bond acceptors (Lipinski definition) is 3. The Morgan fingerprint density at radius 2 is 2.00 bits per heavy atom. The monoisotopic (exact) mass is 372 g/mol. The van der Waals surface area contributed by atoms with Gasteiger partial charge in [-0.3, -0.25) is 0 Å². The summed E-state index contributed by atoms with van der Waals surface area (Å²) in [6.45, 7) is 4.79. The Bertz CT molecular complexity index is 890. The fourth-order valence-electron chi connectivity index (χ4n) is 2.64. The number of carbonyl (C=O) groups excluding carboxylic acids is 1. The first-order chi connectivity index (χ1) is 12.6. The molecule has 1 heterocycles. The molecule has 0 saturated carbocycles. The molecule has 5 nitrogen and oxygen atoms in total. The van der Waals surface area contributed by atoms with E-state index in [1.807, 2.05) is 50.2 Å². The zero-order valence-corrected chi connectivity index (χ0v) is 15.5. The lowest BCUT2D eigenvalue weighted by molar-refractivity contribution is 0.236. The Balaban J connectivity index is 1.62. The lowest BCUT2D eigenvalue weighted by atomic mass is 10.2. The Morgan fingerprint density at radius 3 is 2.73 bits per heavy atom. The first-order valence-corrected chi connectivity index (χ1v) is 8.88. The summed E-state index contributed by atoms with van der Waals surface area (Å²) in [6, 6.07) is 14.5. The van der Waals surface area contributed by atoms with E-state index in [2.05, 4.69) is 10.6 Å². The van der Waals surface area contributed by atoms with Gasteiger partial charge in [-0.25, -0.2) is 4.79 Å². The highest BCUT2D eigenvalue weighted by molar-refractivity contribution is 6.30. The number of furan rings is 1. The number of nitrogens with one attached hydrogen (secondary N) is 2. The van der Waals surface area contributed by atoms with Crippen LogP contribution in [0.5, 0.6) is 5.75 Å². The molecule has 0 fully saturated rings. The molecule has 0 aliphatic rings. The second-order valence-electron chi connectivity index (χ2n) is 5.93. The van der Waals surface area contributed by atoms with Crippen molar-refractivity contribution in [3.63, 3.8) is 0 Å². The molecule has 0 spiro atoms. The second-order valence-corrected chi connectivity index (χ2v) is 6.37. The summed E-state index contributed by atoms with van der Waals surface area (Å²) in [6.07, 6.45) is 0. The molecule has 1 atom stereocenters. The summed E-state index contributed by atoms with van der Waals surface area (Å²) in [4.78, 5) is 12.1. The molecule has 6 heteroatoms. The maximum Gasteiger partial charge on any atom is 0.315 e. The van der Waals surface area contributed by atoms with Crippen molar-refractivity contribution in [3.8, 4) is 5.75 Å². The van der Waals surface area contributed by atoms with Crippen LogP contribution in [0.4, 0.5) is 4.79 Å². The first kappa shape index (κ1) is 18.1. The molecule has 0 radical (unpaired) electrons. The van der Waals surface area contributed by atoms with Gasteiger partial charge in [0, 0.05) is 17.0 Å². The smallest absolute Gasteiger partial charge is 0.315 e. The van der Waals surface area contributed by atoms with Crippen LogP contribution < -0.4 is 15.4 Å². The van der Waals surface area contributed by atoms with E-state index in [9.17, 15) is 4.79 Å². The standard InChI is InChI=1S/C20H21ClN2O3/c1-3-25-17-6-4-5-15-11-18(26-19(15)17)13(2)23-20(24)22-12-14-7-9-16(21)10-8-14/h4-11,13H,3,12H2,1-2H3,(H2,22,23,24). The largest absolute Gasteiger partial charge is 0.490 e. The van der Waals surface area contributed by atoms with E-state index < -0.39 is 0 Å². The first-order valence-electron chi connectivity index (χ1n) is 8.51. The molecule has 0 saturated heterocycles. The van der Waals surface area contributed by atoms with Gasteiger partial charge in [-0.2, -0.15) is 0 Å². The van der Waals surface area contributed by atoms with Crippen LogP contribution in [-0.2, 0) is 6.54 Å².